The monoisotopic (exact) mass is 1510 g/mol. The number of hydrogen-bond donors (Lipinski definition) is 0. The molecule has 113 heavy (non-hydrogen) atoms. The van der Waals surface area contributed by atoms with E-state index in [0.717, 1.165) is 77.2 Å². The third-order valence-corrected chi connectivity index (χ3v) is 27.7. The van der Waals surface area contributed by atoms with Crippen molar-refractivity contribution in [2.24, 2.45) is 23.7 Å². The molecule has 0 bridgehead atoms. The lowest BCUT2D eigenvalue weighted by Gasteiger charge is -2.32. The van der Waals surface area contributed by atoms with Crippen molar-refractivity contribution >= 4 is 76.8 Å². The number of aromatic nitrogens is 6. The molecule has 0 amide bonds. The molecule has 578 valence electrons. The summed E-state index contributed by atoms with van der Waals surface area (Å²) >= 11 is 2.07. The first-order valence-corrected chi connectivity index (χ1v) is 43.3. The Balaban J connectivity index is 0.000000107. The molecule has 8 aromatic carbocycles. The number of fused-ring (bicyclic) bond motifs is 8. The highest BCUT2D eigenvalue weighted by Crippen LogP contribution is 2.48. The average molecular weight is 1510 g/mol. The minimum absolute atomic E-state index is 0.354. The topological polar surface area (TPSA) is 95.8 Å². The van der Waals surface area contributed by atoms with Gasteiger partial charge >= 0.3 is 0 Å². The molecular formula is C104H114N6O2S. The van der Waals surface area contributed by atoms with Crippen LogP contribution in [0.1, 0.15) is 224 Å². The second kappa shape index (κ2) is 35.8. The number of thioether (sulfide) groups is 1. The first kappa shape index (κ1) is 78.6. The molecule has 6 aromatic heterocycles. The van der Waals surface area contributed by atoms with Gasteiger partial charge in [0.1, 0.15) is 5.75 Å². The second-order valence-electron chi connectivity index (χ2n) is 33.6. The fourth-order valence-corrected chi connectivity index (χ4v) is 21.3. The number of rotatable bonds is 6. The van der Waals surface area contributed by atoms with Crippen LogP contribution in [-0.4, -0.2) is 61.2 Å². The molecule has 0 spiro atoms. The minimum atomic E-state index is 0.354. The summed E-state index contributed by atoms with van der Waals surface area (Å²) in [6, 6.07) is 75.3. The molecule has 12 atom stereocenters. The molecular weight excluding hydrogens is 1400 g/mol. The molecule has 6 aliphatic rings. The number of pyridine rings is 6. The maximum Gasteiger partial charge on any atom is 0.122 e. The number of aryl methyl sites for hydroxylation is 7. The van der Waals surface area contributed by atoms with E-state index in [4.69, 9.17) is 24.4 Å². The van der Waals surface area contributed by atoms with Gasteiger partial charge in [-0.15, -0.1) is 0 Å². The van der Waals surface area contributed by atoms with E-state index in [1.54, 1.807) is 0 Å². The molecule has 2 saturated carbocycles. The number of hydrogen-bond acceptors (Lipinski definition) is 9. The smallest absolute Gasteiger partial charge is 0.122 e. The van der Waals surface area contributed by atoms with E-state index in [1.807, 2.05) is 30.7 Å². The maximum absolute atomic E-state index is 6.00. The number of nitrogens with zero attached hydrogens (tertiary/aromatic N) is 6. The third kappa shape index (κ3) is 17.3. The summed E-state index contributed by atoms with van der Waals surface area (Å²) in [4.78, 5) is 28.1. The molecule has 2 saturated heterocycles. The standard InChI is InChI=1S/C21H21N.C20H19NO.C17H21N.C16H19N.C15H17NO.C15H17NS/c1-14-18-9-5-3-7-16(18)11-12-19(14)20-13-17-8-4-6-10-21(17)22-15(20)2;1-13-16-8-4-6-10-20(16)22-12-18(13)17-11-15-7-3-5-9-19(15)21-14(17)2;1-12-7-3-5-9-15(12)16-11-14-8-4-6-10-17(14)18-13(16)2;1-11-6-5-9-14(11)16-12(2)17-10-13-7-3-4-8-15(13)16;2*1-10-8-17-9-14(10)15-11(2)16-7-12-5-3-4-6-13(12)15/h3-10,13-14,19H,11-12H2,1-2H3;3-11,13,18H,12H2,1-2H3;4,6,8,10-12,15H,3,5,7,9H2,1-2H3;3-4,7-8,10-11,14H,5-6,9H2,1-2H3;2*3-7,10,14H,8-9H2,1-2H3/t14-,19?;13-,18?;12-,15?;11-,14?;2*10-,14?/m111111/s1. The van der Waals surface area contributed by atoms with Gasteiger partial charge in [-0.2, -0.15) is 11.8 Å². The van der Waals surface area contributed by atoms with Gasteiger partial charge < -0.3 is 9.47 Å². The van der Waals surface area contributed by atoms with Gasteiger partial charge in [0.15, 0.2) is 0 Å². The summed E-state index contributed by atoms with van der Waals surface area (Å²) in [5.74, 6) is 11.1. The van der Waals surface area contributed by atoms with Gasteiger partial charge in [0, 0.05) is 109 Å². The Morgan fingerprint density at radius 2 is 0.726 bits per heavy atom. The zero-order chi connectivity index (χ0) is 78.2. The molecule has 14 aromatic rings. The number of ether oxygens (including phenoxy) is 2. The van der Waals surface area contributed by atoms with Crippen molar-refractivity contribution < 1.29 is 9.47 Å². The van der Waals surface area contributed by atoms with Crippen molar-refractivity contribution in [1.29, 1.82) is 0 Å². The van der Waals surface area contributed by atoms with Crippen molar-refractivity contribution in [3.63, 3.8) is 0 Å². The van der Waals surface area contributed by atoms with Crippen LogP contribution in [0.25, 0.3) is 65.0 Å². The van der Waals surface area contributed by atoms with E-state index in [0.29, 0.717) is 47.3 Å². The summed E-state index contributed by atoms with van der Waals surface area (Å²) in [6.45, 7) is 29.4. The fourth-order valence-electron chi connectivity index (χ4n) is 19.8. The van der Waals surface area contributed by atoms with Gasteiger partial charge in [-0.1, -0.05) is 244 Å². The lowest BCUT2D eigenvalue weighted by molar-refractivity contribution is 0.186. The molecule has 6 unspecified atom stereocenters. The van der Waals surface area contributed by atoms with Crippen LogP contribution in [0.15, 0.2) is 231 Å². The maximum atomic E-state index is 6.00. The van der Waals surface area contributed by atoms with E-state index in [1.165, 1.54) is 191 Å². The molecule has 3 aliphatic carbocycles. The predicted molar refractivity (Wildman–Crippen MR) is 476 cm³/mol. The molecule has 9 heterocycles. The normalized spacial score (nSPS) is 22.9. The molecule has 9 heteroatoms. The van der Waals surface area contributed by atoms with E-state index in [-0.39, 0.29) is 0 Å². The predicted octanol–water partition coefficient (Wildman–Crippen LogP) is 26.8. The number of benzene rings is 8. The van der Waals surface area contributed by atoms with Crippen molar-refractivity contribution in [1.82, 2.24) is 29.9 Å². The molecule has 8 nitrogen and oxygen atoms in total. The van der Waals surface area contributed by atoms with Gasteiger partial charge in [-0.05, 0) is 241 Å². The van der Waals surface area contributed by atoms with Crippen molar-refractivity contribution in [3.05, 3.63) is 315 Å². The largest absolute Gasteiger partial charge is 0.493 e. The first-order valence-electron chi connectivity index (χ1n) is 42.1. The lowest BCUT2D eigenvalue weighted by atomic mass is 9.72. The van der Waals surface area contributed by atoms with Crippen molar-refractivity contribution in [2.45, 2.75) is 188 Å². The highest BCUT2D eigenvalue weighted by molar-refractivity contribution is 7.99. The molecule has 4 fully saturated rings. The van der Waals surface area contributed by atoms with Crippen LogP contribution in [0.4, 0.5) is 0 Å². The Bertz CT molecular complexity index is 5280. The van der Waals surface area contributed by atoms with Crippen LogP contribution >= 0.6 is 11.8 Å². The Hall–Kier alpha value is -9.67. The van der Waals surface area contributed by atoms with Gasteiger partial charge in [0.05, 0.1) is 29.8 Å². The van der Waals surface area contributed by atoms with E-state index in [2.05, 4.69) is 310 Å². The fraction of sp³-hybridized carbons (Fsp3) is 0.365. The van der Waals surface area contributed by atoms with Crippen LogP contribution in [-0.2, 0) is 11.2 Å². The Morgan fingerprint density at radius 1 is 0.310 bits per heavy atom. The summed E-state index contributed by atoms with van der Waals surface area (Å²) < 4.78 is 11.6. The summed E-state index contributed by atoms with van der Waals surface area (Å²) in [6.07, 6.45) is 17.9. The highest BCUT2D eigenvalue weighted by atomic mass is 32.2. The quantitative estimate of drug-likeness (QED) is 0.161. The van der Waals surface area contributed by atoms with Gasteiger partial charge in [-0.3, -0.25) is 29.9 Å². The highest BCUT2D eigenvalue weighted by Gasteiger charge is 2.34. The summed E-state index contributed by atoms with van der Waals surface area (Å²) in [5.41, 5.74) is 23.3. The van der Waals surface area contributed by atoms with Crippen LogP contribution < -0.4 is 4.74 Å². The van der Waals surface area contributed by atoms with Crippen molar-refractivity contribution in [3.8, 4) is 5.75 Å². The summed E-state index contributed by atoms with van der Waals surface area (Å²) in [7, 11) is 0. The van der Waals surface area contributed by atoms with Crippen LogP contribution in [0.2, 0.25) is 0 Å². The molecule has 0 N–H and O–H groups in total. The Morgan fingerprint density at radius 3 is 1.22 bits per heavy atom. The average Bonchev–Trinajstić information content (AvgIpc) is 1.54. The Kier molecular flexibility index (Phi) is 24.9. The Labute approximate surface area is 675 Å². The SMILES string of the molecule is Cc1nc2ccccc2cc1C1CCCC[C@H]1C.Cc1nc2ccccc2cc1C1CCc2ccccc2[C@H]1C.Cc1nc2ccccc2cc1C1COc2ccccc2[C@H]1C.Cc1ncc2ccccc2c1C1CCC[C@H]1C.Cc1ncc2ccccc2c1C1COC[C@H]1C.Cc1ncc2ccccc2c1C1CSC[C@H]1C. The van der Waals surface area contributed by atoms with E-state index >= 15 is 0 Å². The zero-order valence-electron chi connectivity index (χ0n) is 68.7. The van der Waals surface area contributed by atoms with Gasteiger partial charge in [-0.25, -0.2) is 0 Å². The third-order valence-electron chi connectivity index (χ3n) is 26.3. The van der Waals surface area contributed by atoms with Gasteiger partial charge in [0.25, 0.3) is 0 Å². The first-order chi connectivity index (χ1) is 55.0. The van der Waals surface area contributed by atoms with E-state index in [9.17, 15) is 0 Å². The molecule has 3 aliphatic heterocycles. The lowest BCUT2D eigenvalue weighted by Crippen LogP contribution is -2.23. The second-order valence-corrected chi connectivity index (χ2v) is 34.7. The number of para-hydroxylation sites is 4. The van der Waals surface area contributed by atoms with Crippen LogP contribution in [0.5, 0.6) is 5.75 Å². The van der Waals surface area contributed by atoms with Crippen LogP contribution in [0.3, 0.4) is 0 Å². The van der Waals surface area contributed by atoms with Crippen molar-refractivity contribution in [2.75, 3.05) is 31.3 Å². The van der Waals surface area contributed by atoms with Crippen LogP contribution in [0, 0.1) is 65.2 Å². The van der Waals surface area contributed by atoms with E-state index < -0.39 is 0 Å². The molecule has 0 radical (unpaired) electrons. The molecule has 20 rings (SSSR count). The zero-order valence-corrected chi connectivity index (χ0v) is 69.5. The minimum Gasteiger partial charge on any atom is -0.493 e. The summed E-state index contributed by atoms with van der Waals surface area (Å²) in [5, 5.41) is 11.7. The van der Waals surface area contributed by atoms with Gasteiger partial charge in [0.2, 0.25) is 0 Å².